The van der Waals surface area contributed by atoms with Crippen LogP contribution in [0.3, 0.4) is 0 Å². The third-order valence-electron chi connectivity index (χ3n) is 3.33. The van der Waals surface area contributed by atoms with Crippen molar-refractivity contribution in [3.63, 3.8) is 0 Å². The first-order chi connectivity index (χ1) is 8.98. The molecule has 1 heterocycles. The van der Waals surface area contributed by atoms with Gasteiger partial charge in [-0.15, -0.1) is 0 Å². The van der Waals surface area contributed by atoms with Gasteiger partial charge < -0.3 is 15.8 Å². The largest absolute Gasteiger partial charge is 0.491 e. The maximum atomic E-state index is 12.8. The van der Waals surface area contributed by atoms with Gasteiger partial charge in [0.1, 0.15) is 12.4 Å². The summed E-state index contributed by atoms with van der Waals surface area (Å²) in [5.74, 6) is 0.106. The van der Waals surface area contributed by atoms with E-state index in [1.54, 1.807) is 0 Å². The van der Waals surface area contributed by atoms with Crippen molar-refractivity contribution >= 4 is 0 Å². The molecule has 0 radical (unpaired) electrons. The molecule has 0 bridgehead atoms. The molecule has 1 fully saturated rings. The molecule has 0 saturated carbocycles. The predicted molar refractivity (Wildman–Crippen MR) is 65.9 cm³/mol. The molecule has 1 aromatic carbocycles. The van der Waals surface area contributed by atoms with Gasteiger partial charge in [-0.05, 0) is 37.6 Å². The van der Waals surface area contributed by atoms with Gasteiger partial charge in [0.05, 0.1) is 5.56 Å². The first-order valence-corrected chi connectivity index (χ1v) is 6.24. The summed E-state index contributed by atoms with van der Waals surface area (Å²) >= 11 is 0. The highest BCUT2D eigenvalue weighted by molar-refractivity contribution is 5.35. The van der Waals surface area contributed by atoms with Crippen LogP contribution in [0.25, 0.3) is 0 Å². The average molecular weight is 274 g/mol. The van der Waals surface area contributed by atoms with Crippen molar-refractivity contribution in [1.82, 2.24) is 5.32 Å². The Balaban J connectivity index is 1.99. The van der Waals surface area contributed by atoms with Gasteiger partial charge in [0, 0.05) is 6.04 Å². The van der Waals surface area contributed by atoms with E-state index >= 15 is 0 Å². The van der Waals surface area contributed by atoms with Gasteiger partial charge in [-0.1, -0.05) is 12.1 Å². The fourth-order valence-corrected chi connectivity index (χ4v) is 2.19. The van der Waals surface area contributed by atoms with E-state index in [1.165, 1.54) is 18.2 Å². The highest BCUT2D eigenvalue weighted by atomic mass is 19.4. The van der Waals surface area contributed by atoms with Crippen molar-refractivity contribution < 1.29 is 17.9 Å². The van der Waals surface area contributed by atoms with Gasteiger partial charge in [0.15, 0.2) is 0 Å². The number of hydrogen-bond donors (Lipinski definition) is 2. The molecule has 0 aliphatic carbocycles. The molecule has 0 spiro atoms. The van der Waals surface area contributed by atoms with Gasteiger partial charge in [0.25, 0.3) is 0 Å². The number of nitrogens with two attached hydrogens (primary N) is 1. The first-order valence-electron chi connectivity index (χ1n) is 6.24. The fourth-order valence-electron chi connectivity index (χ4n) is 2.19. The van der Waals surface area contributed by atoms with Crippen molar-refractivity contribution in [1.29, 1.82) is 0 Å². The topological polar surface area (TPSA) is 47.3 Å². The molecule has 2 atom stereocenters. The number of ether oxygens (including phenoxy) is 1. The molecule has 106 valence electrons. The molecular weight excluding hydrogens is 257 g/mol. The zero-order valence-corrected chi connectivity index (χ0v) is 10.4. The Morgan fingerprint density at radius 2 is 2.11 bits per heavy atom. The normalized spacial score (nSPS) is 21.4. The highest BCUT2D eigenvalue weighted by Crippen LogP contribution is 2.35. The Morgan fingerprint density at radius 3 is 2.74 bits per heavy atom. The van der Waals surface area contributed by atoms with Crippen LogP contribution in [-0.4, -0.2) is 25.7 Å². The SMILES string of the molecule is NC(COc1ccccc1C(F)(F)F)C1CCNC1. The van der Waals surface area contributed by atoms with Crippen molar-refractivity contribution in [2.45, 2.75) is 18.6 Å². The lowest BCUT2D eigenvalue weighted by Gasteiger charge is -2.20. The third kappa shape index (κ3) is 3.61. The number of rotatable bonds is 4. The van der Waals surface area contributed by atoms with E-state index in [1.807, 2.05) is 0 Å². The summed E-state index contributed by atoms with van der Waals surface area (Å²) in [6, 6.07) is 4.95. The smallest absolute Gasteiger partial charge is 0.419 e. The summed E-state index contributed by atoms with van der Waals surface area (Å²) in [6.07, 6.45) is -3.47. The van der Waals surface area contributed by atoms with E-state index in [9.17, 15) is 13.2 Å². The van der Waals surface area contributed by atoms with Crippen molar-refractivity contribution in [2.24, 2.45) is 11.7 Å². The molecule has 0 amide bonds. The monoisotopic (exact) mass is 274 g/mol. The number of halogens is 3. The minimum Gasteiger partial charge on any atom is -0.491 e. The average Bonchev–Trinajstić information content (AvgIpc) is 2.89. The molecule has 1 aliphatic heterocycles. The van der Waals surface area contributed by atoms with E-state index in [0.29, 0.717) is 0 Å². The van der Waals surface area contributed by atoms with Crippen molar-refractivity contribution in [3.05, 3.63) is 29.8 Å². The highest BCUT2D eigenvalue weighted by Gasteiger charge is 2.34. The second-order valence-electron chi connectivity index (χ2n) is 4.72. The molecule has 1 aromatic rings. The van der Waals surface area contributed by atoms with Gasteiger partial charge in [0.2, 0.25) is 0 Å². The van der Waals surface area contributed by atoms with E-state index in [2.05, 4.69) is 5.32 Å². The summed E-state index contributed by atoms with van der Waals surface area (Å²) in [7, 11) is 0. The summed E-state index contributed by atoms with van der Waals surface area (Å²) in [5, 5.41) is 3.17. The number of benzene rings is 1. The Kier molecular flexibility index (Phi) is 4.31. The minimum absolute atomic E-state index is 0.0967. The molecule has 2 unspecified atom stereocenters. The number of alkyl halides is 3. The molecule has 0 aromatic heterocycles. The predicted octanol–water partition coefficient (Wildman–Crippen LogP) is 2.02. The molecule has 6 heteroatoms. The van der Waals surface area contributed by atoms with Gasteiger partial charge in [-0.3, -0.25) is 0 Å². The van der Waals surface area contributed by atoms with Crippen LogP contribution in [0.1, 0.15) is 12.0 Å². The number of hydrogen-bond acceptors (Lipinski definition) is 3. The molecule has 2 rings (SSSR count). The van der Waals surface area contributed by atoms with E-state index in [0.717, 1.165) is 25.6 Å². The molecule has 19 heavy (non-hydrogen) atoms. The number of nitrogens with one attached hydrogen (secondary N) is 1. The zero-order chi connectivity index (χ0) is 13.9. The van der Waals surface area contributed by atoms with Gasteiger partial charge in [-0.2, -0.15) is 13.2 Å². The Bertz CT molecular complexity index is 417. The zero-order valence-electron chi connectivity index (χ0n) is 10.4. The van der Waals surface area contributed by atoms with E-state index < -0.39 is 11.7 Å². The molecule has 3 nitrogen and oxygen atoms in total. The van der Waals surface area contributed by atoms with Crippen LogP contribution in [0, 0.1) is 5.92 Å². The van der Waals surface area contributed by atoms with Gasteiger partial charge >= 0.3 is 6.18 Å². The van der Waals surface area contributed by atoms with Crippen LogP contribution in [-0.2, 0) is 6.18 Å². The molecular formula is C13H17F3N2O. The quantitative estimate of drug-likeness (QED) is 0.883. The summed E-state index contributed by atoms with van der Waals surface area (Å²) < 4.78 is 43.5. The second kappa shape index (κ2) is 5.79. The Morgan fingerprint density at radius 1 is 1.37 bits per heavy atom. The van der Waals surface area contributed by atoms with E-state index in [-0.39, 0.29) is 24.3 Å². The molecule has 3 N–H and O–H groups in total. The lowest BCUT2D eigenvalue weighted by molar-refractivity contribution is -0.139. The van der Waals surface area contributed by atoms with Crippen molar-refractivity contribution in [3.8, 4) is 5.75 Å². The van der Waals surface area contributed by atoms with Crippen LogP contribution in [0.2, 0.25) is 0 Å². The number of para-hydroxylation sites is 1. The second-order valence-corrected chi connectivity index (χ2v) is 4.72. The van der Waals surface area contributed by atoms with Gasteiger partial charge in [-0.25, -0.2) is 0 Å². The third-order valence-corrected chi connectivity index (χ3v) is 3.33. The standard InChI is InChI=1S/C13H17F3N2O/c14-13(15,16)10-3-1-2-4-12(10)19-8-11(17)9-5-6-18-7-9/h1-4,9,11,18H,5-8,17H2. The molecule has 1 saturated heterocycles. The summed E-state index contributed by atoms with van der Waals surface area (Å²) in [5.41, 5.74) is 5.18. The lowest BCUT2D eigenvalue weighted by Crippen LogP contribution is -2.37. The van der Waals surface area contributed by atoms with Crippen LogP contribution in [0.5, 0.6) is 5.75 Å². The van der Waals surface area contributed by atoms with Crippen molar-refractivity contribution in [2.75, 3.05) is 19.7 Å². The van der Waals surface area contributed by atoms with Crippen LogP contribution in [0.15, 0.2) is 24.3 Å². The summed E-state index contributed by atoms with van der Waals surface area (Å²) in [4.78, 5) is 0. The Labute approximate surface area is 109 Å². The Hall–Kier alpha value is -1.27. The maximum Gasteiger partial charge on any atom is 0.419 e. The first kappa shape index (κ1) is 14.1. The molecule has 1 aliphatic rings. The fraction of sp³-hybridized carbons (Fsp3) is 0.538. The lowest BCUT2D eigenvalue weighted by atomic mass is 10.0. The minimum atomic E-state index is -4.41. The summed E-state index contributed by atoms with van der Waals surface area (Å²) in [6.45, 7) is 1.79. The van der Waals surface area contributed by atoms with Crippen LogP contribution < -0.4 is 15.8 Å². The van der Waals surface area contributed by atoms with Crippen LogP contribution >= 0.6 is 0 Å². The van der Waals surface area contributed by atoms with Crippen LogP contribution in [0.4, 0.5) is 13.2 Å². The maximum absolute atomic E-state index is 12.8. The van der Waals surface area contributed by atoms with E-state index in [4.69, 9.17) is 10.5 Å².